The van der Waals surface area contributed by atoms with Crippen molar-refractivity contribution in [2.45, 2.75) is 46.3 Å². The minimum absolute atomic E-state index is 0.137. The van der Waals surface area contributed by atoms with E-state index < -0.39 is 12.0 Å². The van der Waals surface area contributed by atoms with Crippen molar-refractivity contribution in [3.63, 3.8) is 0 Å². The number of anilines is 1. The number of methoxy groups -OCH3 is 1. The van der Waals surface area contributed by atoms with Crippen molar-refractivity contribution in [2.75, 3.05) is 32.1 Å². The fourth-order valence-corrected chi connectivity index (χ4v) is 4.57. The van der Waals surface area contributed by atoms with E-state index in [1.807, 2.05) is 57.2 Å². The molecule has 1 unspecified atom stereocenters. The van der Waals surface area contributed by atoms with Crippen LogP contribution in [0.2, 0.25) is 0 Å². The molecule has 3 rings (SSSR count). The molecule has 1 fully saturated rings. The highest BCUT2D eigenvalue weighted by Crippen LogP contribution is 2.28. The number of esters is 2. The van der Waals surface area contributed by atoms with Gasteiger partial charge in [-0.3, -0.25) is 4.79 Å². The third-order valence-electron chi connectivity index (χ3n) is 6.48. The van der Waals surface area contributed by atoms with E-state index in [1.165, 1.54) is 7.11 Å². The minimum Gasteiger partial charge on any atom is -0.465 e. The van der Waals surface area contributed by atoms with Gasteiger partial charge >= 0.3 is 11.9 Å². The number of nitrogens with zero attached hydrogens (tertiary/aromatic N) is 1. The molecule has 2 aromatic rings. The van der Waals surface area contributed by atoms with E-state index in [1.54, 1.807) is 6.07 Å². The Hall–Kier alpha value is -3.19. The van der Waals surface area contributed by atoms with Gasteiger partial charge in [0.15, 0.2) is 12.6 Å². The summed E-state index contributed by atoms with van der Waals surface area (Å²) in [6.07, 6.45) is 1.89. The number of rotatable bonds is 8. The lowest BCUT2D eigenvalue weighted by Gasteiger charge is -2.38. The summed E-state index contributed by atoms with van der Waals surface area (Å²) in [6.45, 7) is 7.38. The Balaban J connectivity index is 1.74. The molecule has 176 valence electrons. The summed E-state index contributed by atoms with van der Waals surface area (Å²) in [5.74, 6) is -1.05. The number of aryl methyl sites for hydroxylation is 2. The molecule has 1 aliphatic rings. The molecule has 33 heavy (non-hydrogen) atoms. The van der Waals surface area contributed by atoms with Gasteiger partial charge in [-0.25, -0.2) is 9.59 Å². The molecule has 0 aromatic heterocycles. The van der Waals surface area contributed by atoms with Gasteiger partial charge in [-0.1, -0.05) is 36.4 Å². The summed E-state index contributed by atoms with van der Waals surface area (Å²) in [4.78, 5) is 38.3. The van der Waals surface area contributed by atoms with Crippen molar-refractivity contribution in [2.24, 2.45) is 0 Å². The number of carbonyl (C=O) groups excluding carboxylic acids is 3. The quantitative estimate of drug-likeness (QED) is 0.486. The van der Waals surface area contributed by atoms with Crippen LogP contribution in [0.5, 0.6) is 0 Å². The Morgan fingerprint density at radius 1 is 1.06 bits per heavy atom. The topological polar surface area (TPSA) is 81.7 Å². The second-order valence-corrected chi connectivity index (χ2v) is 8.84. The van der Waals surface area contributed by atoms with Crippen LogP contribution in [0.4, 0.5) is 5.69 Å². The average molecular weight is 454 g/mol. The monoisotopic (exact) mass is 453 g/mol. The second-order valence-electron chi connectivity index (χ2n) is 8.84. The number of ether oxygens (including phenoxy) is 2. The smallest absolute Gasteiger partial charge is 0.362 e. The first-order valence-electron chi connectivity index (χ1n) is 11.3. The molecule has 1 atom stereocenters. The van der Waals surface area contributed by atoms with Crippen molar-refractivity contribution in [3.05, 3.63) is 64.7 Å². The lowest BCUT2D eigenvalue weighted by Crippen LogP contribution is -2.59. The normalized spacial score (nSPS) is 15.5. The van der Waals surface area contributed by atoms with Gasteiger partial charge in [0.25, 0.3) is 5.91 Å². The molecule has 0 saturated carbocycles. The molecule has 1 amide bonds. The summed E-state index contributed by atoms with van der Waals surface area (Å²) in [7, 11) is 1.32. The predicted octanol–water partition coefficient (Wildman–Crippen LogP) is 3.77. The number of likely N-dealkylation sites (tertiary alicyclic amines) is 1. The molecular formula is C26H33N2O5+. The van der Waals surface area contributed by atoms with Crippen LogP contribution in [-0.4, -0.2) is 55.1 Å². The zero-order valence-electron chi connectivity index (χ0n) is 19.8. The maximum absolute atomic E-state index is 13.3. The minimum atomic E-state index is -0.501. The van der Waals surface area contributed by atoms with E-state index in [-0.39, 0.29) is 25.0 Å². The Morgan fingerprint density at radius 2 is 1.73 bits per heavy atom. The van der Waals surface area contributed by atoms with E-state index in [2.05, 4.69) is 5.32 Å². The number of carbonyl (C=O) groups is 3. The van der Waals surface area contributed by atoms with Crippen LogP contribution in [-0.2, 0) is 25.7 Å². The van der Waals surface area contributed by atoms with Gasteiger partial charge in [0.05, 0.1) is 31.5 Å². The van der Waals surface area contributed by atoms with E-state index in [0.29, 0.717) is 15.7 Å². The van der Waals surface area contributed by atoms with Crippen molar-refractivity contribution < 1.29 is 28.3 Å². The third kappa shape index (κ3) is 5.79. The maximum Gasteiger partial charge on any atom is 0.362 e. The first-order valence-corrected chi connectivity index (χ1v) is 11.3. The number of nitrogens with one attached hydrogen (secondary N) is 1. The van der Waals surface area contributed by atoms with Crippen LogP contribution >= 0.6 is 0 Å². The number of benzene rings is 2. The fourth-order valence-electron chi connectivity index (χ4n) is 4.57. The summed E-state index contributed by atoms with van der Waals surface area (Å²) in [5, 5.41) is 2.95. The van der Waals surface area contributed by atoms with Gasteiger partial charge in [-0.15, -0.1) is 0 Å². The third-order valence-corrected chi connectivity index (χ3v) is 6.48. The highest BCUT2D eigenvalue weighted by molar-refractivity contribution is 6.03. The molecule has 0 spiro atoms. The van der Waals surface area contributed by atoms with Crippen LogP contribution in [0.3, 0.4) is 0 Å². The first kappa shape index (κ1) is 24.5. The number of quaternary nitrogens is 1. The molecule has 2 aromatic carbocycles. The highest BCUT2D eigenvalue weighted by atomic mass is 16.5. The molecular weight excluding hydrogens is 420 g/mol. The summed E-state index contributed by atoms with van der Waals surface area (Å²) in [5.41, 5.74) is 3.39. The largest absolute Gasteiger partial charge is 0.465 e. The van der Waals surface area contributed by atoms with Gasteiger partial charge in [-0.2, -0.15) is 0 Å². The zero-order valence-corrected chi connectivity index (χ0v) is 19.8. The molecule has 1 saturated heterocycles. The lowest BCUT2D eigenvalue weighted by atomic mass is 10.0. The van der Waals surface area contributed by atoms with Crippen molar-refractivity contribution in [1.29, 1.82) is 0 Å². The fraction of sp³-hybridized carbons (Fsp3) is 0.423. The maximum atomic E-state index is 13.3. The predicted molar refractivity (Wildman–Crippen MR) is 126 cm³/mol. The Kier molecular flexibility index (Phi) is 7.87. The van der Waals surface area contributed by atoms with Gasteiger partial charge < -0.3 is 19.3 Å². The van der Waals surface area contributed by atoms with Gasteiger partial charge in [0, 0.05) is 12.8 Å². The summed E-state index contributed by atoms with van der Waals surface area (Å²) >= 11 is 0. The van der Waals surface area contributed by atoms with E-state index in [9.17, 15) is 14.4 Å². The van der Waals surface area contributed by atoms with Gasteiger partial charge in [0.2, 0.25) is 0 Å². The van der Waals surface area contributed by atoms with Crippen molar-refractivity contribution in [3.8, 4) is 0 Å². The van der Waals surface area contributed by atoms with Crippen molar-refractivity contribution in [1.82, 2.24) is 0 Å². The molecule has 7 nitrogen and oxygen atoms in total. The van der Waals surface area contributed by atoms with E-state index in [4.69, 9.17) is 9.47 Å². The van der Waals surface area contributed by atoms with Crippen molar-refractivity contribution >= 4 is 23.5 Å². The summed E-state index contributed by atoms with van der Waals surface area (Å²) < 4.78 is 10.8. The Morgan fingerprint density at radius 3 is 2.36 bits per heavy atom. The second kappa shape index (κ2) is 10.6. The van der Waals surface area contributed by atoms with Crippen LogP contribution in [0.1, 0.15) is 46.8 Å². The molecule has 1 heterocycles. The zero-order chi connectivity index (χ0) is 24.0. The number of hydrogen-bond donors (Lipinski definition) is 1. The number of amides is 1. The van der Waals surface area contributed by atoms with Crippen LogP contribution in [0.15, 0.2) is 42.5 Å². The Labute approximate surface area is 195 Å². The van der Waals surface area contributed by atoms with E-state index in [0.717, 1.165) is 42.6 Å². The molecule has 0 bridgehead atoms. The molecule has 7 heteroatoms. The Bertz CT molecular complexity index is 1010. The number of hydrogen-bond acceptors (Lipinski definition) is 5. The van der Waals surface area contributed by atoms with Crippen LogP contribution in [0.25, 0.3) is 0 Å². The molecule has 1 N–H and O–H groups in total. The molecule has 0 aliphatic carbocycles. The average Bonchev–Trinajstić information content (AvgIpc) is 3.28. The lowest BCUT2D eigenvalue weighted by molar-refractivity contribution is -0.922. The van der Waals surface area contributed by atoms with E-state index >= 15 is 0 Å². The van der Waals surface area contributed by atoms with Gasteiger partial charge in [-0.05, 0) is 43.5 Å². The van der Waals surface area contributed by atoms with Crippen LogP contribution < -0.4 is 5.32 Å². The SMILES string of the molecule is COC(=O)c1cc(C)cc(C)c1NC(=O)C(C)[N+]1(CC(=O)OCc2ccccc2)CCCC1. The molecule has 1 aliphatic heterocycles. The summed E-state index contributed by atoms with van der Waals surface area (Å²) in [6, 6.07) is 12.7. The molecule has 0 radical (unpaired) electrons. The van der Waals surface area contributed by atoms with Gasteiger partial charge in [0.1, 0.15) is 6.61 Å². The van der Waals surface area contributed by atoms with Crippen LogP contribution in [0, 0.1) is 13.8 Å². The first-order chi connectivity index (χ1) is 15.8. The highest BCUT2D eigenvalue weighted by Gasteiger charge is 2.43. The standard InChI is InChI=1S/C26H32N2O5/c1-18-14-19(2)24(22(15-18)26(31)32-4)27-25(30)20(3)28(12-8-9-13-28)16-23(29)33-17-21-10-6-5-7-11-21/h5-7,10-11,14-15,20H,8-9,12-13,16-17H2,1-4H3/p+1.